The number of nitrogen functional groups attached to an aromatic ring is 1. The maximum atomic E-state index is 11.8. The minimum atomic E-state index is -0.399. The van der Waals surface area contributed by atoms with Gasteiger partial charge in [-0.05, 0) is 31.0 Å². The second kappa shape index (κ2) is 6.89. The highest BCUT2D eigenvalue weighted by atomic mass is 16.5. The summed E-state index contributed by atoms with van der Waals surface area (Å²) in [7, 11) is 0. The Labute approximate surface area is 108 Å². The second-order valence-corrected chi connectivity index (χ2v) is 4.30. The molecule has 0 aliphatic carbocycles. The van der Waals surface area contributed by atoms with Crippen molar-refractivity contribution in [3.63, 3.8) is 0 Å². The molecule has 0 aliphatic rings. The fourth-order valence-corrected chi connectivity index (χ4v) is 1.39. The second-order valence-electron chi connectivity index (χ2n) is 4.30. The minimum absolute atomic E-state index is 0.332. The van der Waals surface area contributed by atoms with E-state index in [0.29, 0.717) is 36.1 Å². The van der Waals surface area contributed by atoms with Gasteiger partial charge in [0.1, 0.15) is 11.3 Å². The largest absolute Gasteiger partial charge is 0.492 e. The Morgan fingerprint density at radius 1 is 1.39 bits per heavy atom. The van der Waals surface area contributed by atoms with Gasteiger partial charge >= 0.3 is 5.97 Å². The van der Waals surface area contributed by atoms with Crippen LogP contribution < -0.4 is 10.5 Å². The minimum Gasteiger partial charge on any atom is -0.492 e. The zero-order valence-corrected chi connectivity index (χ0v) is 11.2. The molecular formula is C14H21NO3. The molecule has 1 unspecified atom stereocenters. The van der Waals surface area contributed by atoms with Gasteiger partial charge in [-0.15, -0.1) is 0 Å². The van der Waals surface area contributed by atoms with Gasteiger partial charge in [0.25, 0.3) is 0 Å². The summed E-state index contributed by atoms with van der Waals surface area (Å²) in [5.74, 6) is 0.574. The summed E-state index contributed by atoms with van der Waals surface area (Å²) in [6.45, 7) is 6.87. The van der Waals surface area contributed by atoms with E-state index in [-0.39, 0.29) is 0 Å². The van der Waals surface area contributed by atoms with Crippen molar-refractivity contribution in [2.24, 2.45) is 5.92 Å². The molecule has 1 rings (SSSR count). The summed E-state index contributed by atoms with van der Waals surface area (Å²) in [5, 5.41) is 0. The average Bonchev–Trinajstić information content (AvgIpc) is 2.37. The first-order valence-electron chi connectivity index (χ1n) is 6.27. The molecule has 0 aliphatic heterocycles. The van der Waals surface area contributed by atoms with E-state index in [4.69, 9.17) is 15.2 Å². The predicted molar refractivity (Wildman–Crippen MR) is 71.8 cm³/mol. The van der Waals surface area contributed by atoms with E-state index in [2.05, 4.69) is 13.8 Å². The van der Waals surface area contributed by atoms with Crippen LogP contribution in [0.3, 0.4) is 0 Å². The smallest absolute Gasteiger partial charge is 0.341 e. The fourth-order valence-electron chi connectivity index (χ4n) is 1.39. The summed E-state index contributed by atoms with van der Waals surface area (Å²) in [6.07, 6.45) is 1.03. The fraction of sp³-hybridized carbons (Fsp3) is 0.500. The number of carbonyl (C=O) groups is 1. The first kappa shape index (κ1) is 14.4. The van der Waals surface area contributed by atoms with Crippen molar-refractivity contribution in [2.75, 3.05) is 18.9 Å². The Kier molecular flexibility index (Phi) is 5.49. The molecule has 0 heterocycles. The highest BCUT2D eigenvalue weighted by molar-refractivity contribution is 5.93. The van der Waals surface area contributed by atoms with Crippen LogP contribution in [-0.4, -0.2) is 19.2 Å². The van der Waals surface area contributed by atoms with Gasteiger partial charge in [0.15, 0.2) is 0 Å². The lowest BCUT2D eigenvalue weighted by Crippen LogP contribution is -2.12. The monoisotopic (exact) mass is 251 g/mol. The molecular weight excluding hydrogens is 230 g/mol. The number of esters is 1. The Hall–Kier alpha value is -1.71. The standard InChI is InChI=1S/C14H21NO3/c1-4-10(3)9-18-13-7-6-11(15)8-12(13)14(16)17-5-2/h6-8,10H,4-5,9,15H2,1-3H3. The Balaban J connectivity index is 2.86. The van der Waals surface area contributed by atoms with Crippen molar-refractivity contribution in [2.45, 2.75) is 27.2 Å². The van der Waals surface area contributed by atoms with Crippen molar-refractivity contribution < 1.29 is 14.3 Å². The number of ether oxygens (including phenoxy) is 2. The van der Waals surface area contributed by atoms with E-state index in [1.807, 2.05) is 0 Å². The molecule has 0 spiro atoms. The van der Waals surface area contributed by atoms with Gasteiger partial charge in [0.05, 0.1) is 13.2 Å². The van der Waals surface area contributed by atoms with E-state index in [9.17, 15) is 4.79 Å². The van der Waals surface area contributed by atoms with Crippen molar-refractivity contribution in [3.8, 4) is 5.75 Å². The third kappa shape index (κ3) is 3.95. The first-order valence-corrected chi connectivity index (χ1v) is 6.27. The van der Waals surface area contributed by atoms with Gasteiger partial charge in [-0.1, -0.05) is 20.3 Å². The summed E-state index contributed by atoms with van der Waals surface area (Å²) in [5.41, 5.74) is 6.59. The average molecular weight is 251 g/mol. The van der Waals surface area contributed by atoms with Crippen LogP contribution in [0, 0.1) is 5.92 Å². The molecule has 4 nitrogen and oxygen atoms in total. The molecule has 2 N–H and O–H groups in total. The van der Waals surface area contributed by atoms with Gasteiger partial charge in [-0.2, -0.15) is 0 Å². The van der Waals surface area contributed by atoms with Gasteiger partial charge in [-0.25, -0.2) is 4.79 Å². The highest BCUT2D eigenvalue weighted by Crippen LogP contribution is 2.23. The first-order chi connectivity index (χ1) is 8.58. The maximum absolute atomic E-state index is 11.8. The number of carbonyl (C=O) groups excluding carboxylic acids is 1. The van der Waals surface area contributed by atoms with E-state index in [0.717, 1.165) is 6.42 Å². The number of benzene rings is 1. The molecule has 0 saturated carbocycles. The lowest BCUT2D eigenvalue weighted by atomic mass is 10.1. The summed E-state index contributed by atoms with van der Waals surface area (Å²) >= 11 is 0. The van der Waals surface area contributed by atoms with Crippen LogP contribution in [0.5, 0.6) is 5.75 Å². The van der Waals surface area contributed by atoms with Crippen LogP contribution in [0.1, 0.15) is 37.6 Å². The van der Waals surface area contributed by atoms with E-state index in [1.165, 1.54) is 0 Å². The van der Waals surface area contributed by atoms with E-state index in [1.54, 1.807) is 25.1 Å². The van der Waals surface area contributed by atoms with E-state index >= 15 is 0 Å². The molecule has 0 fully saturated rings. The Bertz CT molecular complexity index is 404. The number of hydrogen-bond donors (Lipinski definition) is 1. The van der Waals surface area contributed by atoms with Crippen LogP contribution in [0.25, 0.3) is 0 Å². The lowest BCUT2D eigenvalue weighted by Gasteiger charge is -2.14. The van der Waals surface area contributed by atoms with Crippen molar-refractivity contribution in [1.29, 1.82) is 0 Å². The van der Waals surface area contributed by atoms with Gasteiger partial charge < -0.3 is 15.2 Å². The van der Waals surface area contributed by atoms with Gasteiger partial charge in [0, 0.05) is 5.69 Å². The molecule has 0 saturated heterocycles. The molecule has 0 aromatic heterocycles. The molecule has 18 heavy (non-hydrogen) atoms. The van der Waals surface area contributed by atoms with Crippen LogP contribution >= 0.6 is 0 Å². The van der Waals surface area contributed by atoms with Crippen LogP contribution in [0.2, 0.25) is 0 Å². The number of hydrogen-bond acceptors (Lipinski definition) is 4. The summed E-state index contributed by atoms with van der Waals surface area (Å²) < 4.78 is 10.6. The zero-order chi connectivity index (χ0) is 13.5. The quantitative estimate of drug-likeness (QED) is 0.623. The van der Waals surface area contributed by atoms with E-state index < -0.39 is 5.97 Å². The molecule has 1 aromatic rings. The van der Waals surface area contributed by atoms with Crippen LogP contribution in [0.15, 0.2) is 18.2 Å². The van der Waals surface area contributed by atoms with Gasteiger partial charge in [0.2, 0.25) is 0 Å². The van der Waals surface area contributed by atoms with Crippen LogP contribution in [-0.2, 0) is 4.74 Å². The zero-order valence-electron chi connectivity index (χ0n) is 11.2. The molecule has 0 bridgehead atoms. The molecule has 1 aromatic carbocycles. The van der Waals surface area contributed by atoms with Crippen molar-refractivity contribution in [1.82, 2.24) is 0 Å². The Morgan fingerprint density at radius 3 is 2.72 bits per heavy atom. The third-order valence-corrected chi connectivity index (χ3v) is 2.72. The Morgan fingerprint density at radius 2 is 2.11 bits per heavy atom. The van der Waals surface area contributed by atoms with Gasteiger partial charge in [-0.3, -0.25) is 0 Å². The number of anilines is 1. The summed E-state index contributed by atoms with van der Waals surface area (Å²) in [6, 6.07) is 5.02. The SMILES string of the molecule is CCOC(=O)c1cc(N)ccc1OCC(C)CC. The topological polar surface area (TPSA) is 61.5 Å². The number of rotatable bonds is 6. The molecule has 100 valence electrons. The lowest BCUT2D eigenvalue weighted by molar-refractivity contribution is 0.0521. The molecule has 4 heteroatoms. The molecule has 1 atom stereocenters. The number of nitrogens with two attached hydrogens (primary N) is 1. The highest BCUT2D eigenvalue weighted by Gasteiger charge is 2.14. The summed E-state index contributed by atoms with van der Waals surface area (Å²) in [4.78, 5) is 11.8. The third-order valence-electron chi connectivity index (χ3n) is 2.72. The van der Waals surface area contributed by atoms with Crippen LogP contribution in [0.4, 0.5) is 5.69 Å². The van der Waals surface area contributed by atoms with Crippen molar-refractivity contribution in [3.05, 3.63) is 23.8 Å². The normalized spacial score (nSPS) is 11.9. The maximum Gasteiger partial charge on any atom is 0.341 e. The van der Waals surface area contributed by atoms with Crippen molar-refractivity contribution >= 4 is 11.7 Å². The predicted octanol–water partition coefficient (Wildman–Crippen LogP) is 2.87. The molecule has 0 amide bonds. The molecule has 0 radical (unpaired) electrons.